The molecule has 0 saturated heterocycles. The van der Waals surface area contributed by atoms with Crippen molar-refractivity contribution >= 4 is 0 Å². The van der Waals surface area contributed by atoms with Crippen molar-refractivity contribution in [1.29, 1.82) is 0 Å². The van der Waals surface area contributed by atoms with Gasteiger partial charge in [0, 0.05) is 16.7 Å². The Morgan fingerprint density at radius 1 is 0.871 bits per heavy atom. The Morgan fingerprint density at radius 2 is 1.58 bits per heavy atom. The Balaban J connectivity index is 1.63. The van der Waals surface area contributed by atoms with Gasteiger partial charge in [-0.15, -0.1) is 5.73 Å². The van der Waals surface area contributed by atoms with Crippen LogP contribution in [0.4, 0.5) is 4.39 Å². The minimum Gasteiger partial charge on any atom is -0.243 e. The highest BCUT2D eigenvalue weighted by molar-refractivity contribution is 5.35. The summed E-state index contributed by atoms with van der Waals surface area (Å²) < 4.78 is 17.9. The summed E-state index contributed by atoms with van der Waals surface area (Å²) in [5, 5.41) is 0. The first kappa shape index (κ1) is 22.0. The molecule has 0 radical (unpaired) electrons. The molecule has 7 atom stereocenters. The van der Waals surface area contributed by atoms with Gasteiger partial charge in [0.1, 0.15) is 5.67 Å². The predicted octanol–water partition coefficient (Wildman–Crippen LogP) is 8.98. The molecule has 0 nitrogen and oxygen atoms in total. The third-order valence-electron chi connectivity index (χ3n) is 12.4. The number of halogens is 1. The summed E-state index contributed by atoms with van der Waals surface area (Å²) in [7, 11) is 0. The van der Waals surface area contributed by atoms with Crippen LogP contribution in [0.15, 0.2) is 29.0 Å². The second kappa shape index (κ2) is 6.20. The highest BCUT2D eigenvalue weighted by Gasteiger charge is 2.74. The van der Waals surface area contributed by atoms with Gasteiger partial charge in [-0.1, -0.05) is 59.3 Å². The molecule has 0 unspecified atom stereocenters. The molecule has 0 amide bonds. The van der Waals surface area contributed by atoms with Gasteiger partial charge in [0.15, 0.2) is 0 Å². The van der Waals surface area contributed by atoms with E-state index in [0.717, 1.165) is 38.5 Å². The van der Waals surface area contributed by atoms with Crippen LogP contribution in [0, 0.1) is 38.9 Å². The van der Waals surface area contributed by atoms with Crippen LogP contribution in [0.3, 0.4) is 0 Å². The Kier molecular flexibility index (Phi) is 4.40. The highest BCUT2D eigenvalue weighted by Crippen LogP contribution is 2.78. The van der Waals surface area contributed by atoms with Crippen molar-refractivity contribution in [2.24, 2.45) is 38.9 Å². The Hall–Kier alpha value is -0.810. The van der Waals surface area contributed by atoms with E-state index in [0.29, 0.717) is 11.3 Å². The third kappa shape index (κ3) is 2.43. The van der Waals surface area contributed by atoms with Crippen molar-refractivity contribution in [2.45, 2.75) is 118 Å². The first-order chi connectivity index (χ1) is 14.3. The minimum absolute atomic E-state index is 0.0672. The van der Waals surface area contributed by atoms with E-state index in [2.05, 4.69) is 60.8 Å². The molecular formula is C30H45F. The van der Waals surface area contributed by atoms with Gasteiger partial charge in [-0.05, 0) is 98.9 Å². The zero-order valence-electron chi connectivity index (χ0n) is 21.3. The molecule has 4 fully saturated rings. The highest BCUT2D eigenvalue weighted by atomic mass is 19.1. The molecule has 0 aromatic rings. The Labute approximate surface area is 190 Å². The molecule has 0 heterocycles. The summed E-state index contributed by atoms with van der Waals surface area (Å²) in [4.78, 5) is 0. The normalized spacial score (nSPS) is 53.2. The standard InChI is InChI=1S/C30H45F/c1-9-21-18-25(3,4)19-24-26(21,5)16-17-29(8)28(7)14-11-22-20(2)10-13-27(22,6)23(28)12-15-30(24,29)31/h23-24H,1,10-19H2,2-8H3/t23-,24-,26+,27+,28-,29+,30+/m1/s1. The fraction of sp³-hybridized carbons (Fsp3) is 0.833. The maximum atomic E-state index is 17.9. The lowest BCUT2D eigenvalue weighted by Gasteiger charge is -2.73. The monoisotopic (exact) mass is 424 g/mol. The van der Waals surface area contributed by atoms with Crippen molar-refractivity contribution in [1.82, 2.24) is 0 Å². The molecule has 5 aliphatic carbocycles. The Morgan fingerprint density at radius 3 is 2.26 bits per heavy atom. The molecule has 0 aromatic heterocycles. The van der Waals surface area contributed by atoms with E-state index >= 15 is 4.39 Å². The fourth-order valence-corrected chi connectivity index (χ4v) is 10.3. The average Bonchev–Trinajstić information content (AvgIpc) is 2.99. The lowest BCUT2D eigenvalue weighted by molar-refractivity contribution is -0.256. The largest absolute Gasteiger partial charge is 0.243 e. The molecule has 0 spiro atoms. The van der Waals surface area contributed by atoms with Crippen LogP contribution in [0.5, 0.6) is 0 Å². The smallest absolute Gasteiger partial charge is 0.120 e. The van der Waals surface area contributed by atoms with Gasteiger partial charge in [-0.2, -0.15) is 0 Å². The molecule has 5 aliphatic rings. The minimum atomic E-state index is -1.09. The number of hydrogen-bond donors (Lipinski definition) is 0. The first-order valence-electron chi connectivity index (χ1n) is 13.0. The summed E-state index contributed by atoms with van der Waals surface area (Å²) in [5.41, 5.74) is 7.18. The van der Waals surface area contributed by atoms with Gasteiger partial charge in [0.2, 0.25) is 0 Å². The lowest BCUT2D eigenvalue weighted by atomic mass is 9.32. The number of hydrogen-bond acceptors (Lipinski definition) is 0. The maximum Gasteiger partial charge on any atom is 0.120 e. The zero-order chi connectivity index (χ0) is 22.7. The van der Waals surface area contributed by atoms with Crippen LogP contribution in [0.1, 0.15) is 113 Å². The van der Waals surface area contributed by atoms with Crippen molar-refractivity contribution < 1.29 is 4.39 Å². The van der Waals surface area contributed by atoms with E-state index in [1.165, 1.54) is 31.3 Å². The van der Waals surface area contributed by atoms with Crippen LogP contribution < -0.4 is 0 Å². The van der Waals surface area contributed by atoms with E-state index < -0.39 is 5.67 Å². The van der Waals surface area contributed by atoms with E-state index in [1.54, 1.807) is 11.1 Å². The number of rotatable bonds is 0. The molecule has 0 bridgehead atoms. The zero-order valence-corrected chi connectivity index (χ0v) is 21.3. The van der Waals surface area contributed by atoms with Crippen molar-refractivity contribution in [3.05, 3.63) is 29.0 Å². The quantitative estimate of drug-likeness (QED) is 0.269. The summed E-state index contributed by atoms with van der Waals surface area (Å²) in [6.07, 6.45) is 10.9. The fourth-order valence-electron chi connectivity index (χ4n) is 10.3. The van der Waals surface area contributed by atoms with Crippen molar-refractivity contribution in [2.75, 3.05) is 0 Å². The van der Waals surface area contributed by atoms with Crippen LogP contribution >= 0.6 is 0 Å². The van der Waals surface area contributed by atoms with Crippen molar-refractivity contribution in [3.63, 3.8) is 0 Å². The molecule has 1 heteroatoms. The number of allylic oxidation sites excluding steroid dienone is 3. The second-order valence-electron chi connectivity index (χ2n) is 14.1. The molecule has 31 heavy (non-hydrogen) atoms. The topological polar surface area (TPSA) is 0 Å². The van der Waals surface area contributed by atoms with Crippen LogP contribution in [-0.2, 0) is 0 Å². The van der Waals surface area contributed by atoms with Gasteiger partial charge in [0.05, 0.1) is 0 Å². The van der Waals surface area contributed by atoms with E-state index in [4.69, 9.17) is 0 Å². The van der Waals surface area contributed by atoms with Crippen LogP contribution in [0.2, 0.25) is 0 Å². The van der Waals surface area contributed by atoms with Crippen molar-refractivity contribution in [3.8, 4) is 0 Å². The SMILES string of the molecule is C=C=C1CC(C)(C)C[C@@H]2[C@@]1(C)CC[C@@]1(C)[C@]3(C)CCC4=C(C)CC[C@]4(C)[C@H]3CC[C@]21F. The van der Waals surface area contributed by atoms with Gasteiger partial charge in [0.25, 0.3) is 0 Å². The molecular weight excluding hydrogens is 379 g/mol. The number of alkyl halides is 1. The first-order valence-corrected chi connectivity index (χ1v) is 13.0. The van der Waals surface area contributed by atoms with Gasteiger partial charge < -0.3 is 0 Å². The summed E-state index contributed by atoms with van der Waals surface area (Å²) in [5.74, 6) is 0.727. The molecule has 0 aliphatic heterocycles. The molecule has 0 aromatic carbocycles. The second-order valence-corrected chi connectivity index (χ2v) is 14.1. The maximum absolute atomic E-state index is 17.9. The third-order valence-corrected chi connectivity index (χ3v) is 12.4. The average molecular weight is 425 g/mol. The molecule has 172 valence electrons. The predicted molar refractivity (Wildman–Crippen MR) is 129 cm³/mol. The summed E-state index contributed by atoms with van der Waals surface area (Å²) in [6, 6.07) is 0. The summed E-state index contributed by atoms with van der Waals surface area (Å²) in [6.45, 7) is 20.9. The van der Waals surface area contributed by atoms with E-state index in [1.807, 2.05) is 0 Å². The summed E-state index contributed by atoms with van der Waals surface area (Å²) >= 11 is 0. The molecule has 0 N–H and O–H groups in total. The number of fused-ring (bicyclic) bond motifs is 7. The van der Waals surface area contributed by atoms with Crippen LogP contribution in [0.25, 0.3) is 0 Å². The lowest BCUT2D eigenvalue weighted by Crippen LogP contribution is -2.70. The van der Waals surface area contributed by atoms with E-state index in [-0.39, 0.29) is 27.6 Å². The Bertz CT molecular complexity index is 901. The molecule has 4 saturated carbocycles. The molecule has 5 rings (SSSR count). The van der Waals surface area contributed by atoms with Gasteiger partial charge in [-0.25, -0.2) is 4.39 Å². The van der Waals surface area contributed by atoms with E-state index in [9.17, 15) is 0 Å². The van der Waals surface area contributed by atoms with Gasteiger partial charge in [-0.3, -0.25) is 0 Å². The van der Waals surface area contributed by atoms with Gasteiger partial charge >= 0.3 is 0 Å². The van der Waals surface area contributed by atoms with Crippen LogP contribution in [-0.4, -0.2) is 5.67 Å².